The van der Waals surface area contributed by atoms with Gasteiger partial charge < -0.3 is 10.2 Å². The van der Waals surface area contributed by atoms with E-state index in [0.29, 0.717) is 24.6 Å². The van der Waals surface area contributed by atoms with Crippen LogP contribution in [0.5, 0.6) is 0 Å². The van der Waals surface area contributed by atoms with Gasteiger partial charge in [-0.05, 0) is 40.6 Å². The zero-order valence-corrected chi connectivity index (χ0v) is 17.9. The summed E-state index contributed by atoms with van der Waals surface area (Å²) >= 11 is 1.59. The van der Waals surface area contributed by atoms with Gasteiger partial charge in [0.25, 0.3) is 5.91 Å². The zero-order chi connectivity index (χ0) is 21.1. The molecule has 0 saturated heterocycles. The first-order valence-electron chi connectivity index (χ1n) is 10.2. The molecule has 2 atom stereocenters. The minimum atomic E-state index is -0.465. The predicted octanol–water partition coefficient (Wildman–Crippen LogP) is 4.40. The molecule has 154 valence electrons. The van der Waals surface area contributed by atoms with Crippen molar-refractivity contribution in [1.29, 1.82) is 0 Å². The van der Waals surface area contributed by atoms with Gasteiger partial charge in [-0.3, -0.25) is 14.6 Å². The number of thiophene rings is 1. The number of carbonyl (C=O) groups is 2. The Balaban J connectivity index is 1.74. The van der Waals surface area contributed by atoms with Crippen molar-refractivity contribution in [3.05, 3.63) is 87.9 Å². The number of carbonyl (C=O) groups excluding carboxylic acids is 2. The van der Waals surface area contributed by atoms with E-state index in [0.717, 1.165) is 16.0 Å². The maximum Gasteiger partial charge on any atom is 0.254 e. The van der Waals surface area contributed by atoms with Gasteiger partial charge in [0.1, 0.15) is 0 Å². The van der Waals surface area contributed by atoms with Crippen molar-refractivity contribution >= 4 is 23.2 Å². The summed E-state index contributed by atoms with van der Waals surface area (Å²) in [4.78, 5) is 33.9. The second-order valence-electron chi connectivity index (χ2n) is 7.96. The monoisotopic (exact) mass is 419 g/mol. The molecule has 5 nitrogen and oxygen atoms in total. The topological polar surface area (TPSA) is 62.3 Å². The summed E-state index contributed by atoms with van der Waals surface area (Å²) in [7, 11) is 0. The van der Waals surface area contributed by atoms with E-state index in [1.165, 1.54) is 0 Å². The van der Waals surface area contributed by atoms with Crippen molar-refractivity contribution in [1.82, 2.24) is 15.2 Å². The van der Waals surface area contributed by atoms with Crippen molar-refractivity contribution in [2.24, 2.45) is 5.92 Å². The van der Waals surface area contributed by atoms with E-state index >= 15 is 0 Å². The van der Waals surface area contributed by atoms with Crippen molar-refractivity contribution in [2.45, 2.75) is 32.4 Å². The van der Waals surface area contributed by atoms with Crippen LogP contribution < -0.4 is 5.32 Å². The molecule has 0 spiro atoms. The molecule has 30 heavy (non-hydrogen) atoms. The van der Waals surface area contributed by atoms with Gasteiger partial charge in [-0.2, -0.15) is 0 Å². The molecule has 0 fully saturated rings. The van der Waals surface area contributed by atoms with Crippen LogP contribution in [0.2, 0.25) is 0 Å². The van der Waals surface area contributed by atoms with Crippen LogP contribution in [0.4, 0.5) is 0 Å². The lowest BCUT2D eigenvalue weighted by molar-refractivity contribution is -0.124. The van der Waals surface area contributed by atoms with Gasteiger partial charge in [-0.25, -0.2) is 0 Å². The Bertz CT molecular complexity index is 1020. The standard InChI is InChI=1S/C24H25N3O2S/c1-16(2)15-27-22(20-10-6-12-30-20)21(18-8-3-4-9-19(18)24(27)29)23(28)26-14-17-7-5-11-25-13-17/h3-13,16,21-22H,14-15H2,1-2H3,(H,26,28). The number of benzene rings is 1. The fourth-order valence-corrected chi connectivity index (χ4v) is 4.92. The minimum absolute atomic E-state index is 0.00555. The third-order valence-corrected chi connectivity index (χ3v) is 6.25. The highest BCUT2D eigenvalue weighted by Crippen LogP contribution is 2.44. The first kappa shape index (κ1) is 20.3. The highest BCUT2D eigenvalue weighted by molar-refractivity contribution is 7.10. The number of hydrogen-bond acceptors (Lipinski definition) is 4. The summed E-state index contributed by atoms with van der Waals surface area (Å²) in [6.45, 7) is 5.19. The van der Waals surface area contributed by atoms with Crippen LogP contribution in [-0.2, 0) is 11.3 Å². The van der Waals surface area contributed by atoms with E-state index < -0.39 is 5.92 Å². The predicted molar refractivity (Wildman–Crippen MR) is 118 cm³/mol. The minimum Gasteiger partial charge on any atom is -0.351 e. The third kappa shape index (κ3) is 4.00. The van der Waals surface area contributed by atoms with Crippen LogP contribution in [0, 0.1) is 5.92 Å². The number of rotatable bonds is 6. The van der Waals surface area contributed by atoms with Gasteiger partial charge in [0.2, 0.25) is 5.91 Å². The lowest BCUT2D eigenvalue weighted by Gasteiger charge is -2.42. The second-order valence-corrected chi connectivity index (χ2v) is 8.93. The van der Waals surface area contributed by atoms with E-state index in [1.807, 2.05) is 58.8 Å². The molecule has 0 radical (unpaired) electrons. The van der Waals surface area contributed by atoms with E-state index in [2.05, 4.69) is 24.1 Å². The third-order valence-electron chi connectivity index (χ3n) is 5.31. The molecule has 3 heterocycles. The number of fused-ring (bicyclic) bond motifs is 1. The maximum atomic E-state index is 13.5. The number of nitrogens with zero attached hydrogens (tertiary/aromatic N) is 2. The summed E-state index contributed by atoms with van der Waals surface area (Å²) in [5, 5.41) is 5.08. The highest BCUT2D eigenvalue weighted by atomic mass is 32.1. The molecular weight excluding hydrogens is 394 g/mol. The van der Waals surface area contributed by atoms with Gasteiger partial charge in [0.15, 0.2) is 0 Å². The van der Waals surface area contributed by atoms with Crippen LogP contribution in [0.15, 0.2) is 66.3 Å². The molecule has 2 aromatic heterocycles. The van der Waals surface area contributed by atoms with Crippen LogP contribution in [0.25, 0.3) is 0 Å². The molecular formula is C24H25N3O2S. The summed E-state index contributed by atoms with van der Waals surface area (Å²) < 4.78 is 0. The zero-order valence-electron chi connectivity index (χ0n) is 17.1. The molecule has 0 saturated carbocycles. The lowest BCUT2D eigenvalue weighted by Crippen LogP contribution is -2.48. The molecule has 1 aromatic carbocycles. The second kappa shape index (κ2) is 8.79. The SMILES string of the molecule is CC(C)CN1C(=O)c2ccccc2C(C(=O)NCc2cccnc2)C1c1cccs1. The normalized spacial score (nSPS) is 18.4. The summed E-state index contributed by atoms with van der Waals surface area (Å²) in [6, 6.07) is 15.0. The highest BCUT2D eigenvalue weighted by Gasteiger charge is 2.44. The first-order valence-corrected chi connectivity index (χ1v) is 11.0. The van der Waals surface area contributed by atoms with Gasteiger partial charge in [-0.1, -0.05) is 44.2 Å². The van der Waals surface area contributed by atoms with Crippen LogP contribution in [0.3, 0.4) is 0 Å². The molecule has 1 aliphatic rings. The quantitative estimate of drug-likeness (QED) is 0.644. The van der Waals surface area contributed by atoms with Crippen LogP contribution in [0.1, 0.15) is 52.2 Å². The Morgan fingerprint density at radius 3 is 2.70 bits per heavy atom. The fourth-order valence-electron chi connectivity index (χ4n) is 4.05. The average Bonchev–Trinajstić information content (AvgIpc) is 3.29. The number of pyridine rings is 1. The number of aromatic nitrogens is 1. The molecule has 6 heteroatoms. The number of nitrogens with one attached hydrogen (secondary N) is 1. The summed E-state index contributed by atoms with van der Waals surface area (Å²) in [6.07, 6.45) is 3.46. The maximum absolute atomic E-state index is 13.5. The van der Waals surface area contributed by atoms with Crippen molar-refractivity contribution < 1.29 is 9.59 Å². The Kier molecular flexibility index (Phi) is 5.95. The van der Waals surface area contributed by atoms with Gasteiger partial charge in [0, 0.05) is 35.9 Å². The van der Waals surface area contributed by atoms with Gasteiger partial charge in [-0.15, -0.1) is 11.3 Å². The molecule has 4 rings (SSSR count). The smallest absolute Gasteiger partial charge is 0.254 e. The molecule has 0 bridgehead atoms. The molecule has 0 aliphatic carbocycles. The molecule has 2 amide bonds. The van der Waals surface area contributed by atoms with Gasteiger partial charge in [0.05, 0.1) is 12.0 Å². The Labute approximate surface area is 180 Å². The Hall–Kier alpha value is -2.99. The van der Waals surface area contributed by atoms with Crippen LogP contribution >= 0.6 is 11.3 Å². The number of hydrogen-bond donors (Lipinski definition) is 1. The van der Waals surface area contributed by atoms with Crippen LogP contribution in [-0.4, -0.2) is 28.2 Å². The summed E-state index contributed by atoms with van der Waals surface area (Å²) in [5.74, 6) is -0.256. The summed E-state index contributed by atoms with van der Waals surface area (Å²) in [5.41, 5.74) is 2.36. The fraction of sp³-hybridized carbons (Fsp3) is 0.292. The van der Waals surface area contributed by atoms with E-state index in [9.17, 15) is 9.59 Å². The molecule has 1 N–H and O–H groups in total. The van der Waals surface area contributed by atoms with Crippen molar-refractivity contribution in [3.63, 3.8) is 0 Å². The van der Waals surface area contributed by atoms with Gasteiger partial charge >= 0.3 is 0 Å². The molecule has 3 aromatic rings. The molecule has 2 unspecified atom stereocenters. The number of amides is 2. The largest absolute Gasteiger partial charge is 0.351 e. The molecule has 1 aliphatic heterocycles. The average molecular weight is 420 g/mol. The van der Waals surface area contributed by atoms with Crippen molar-refractivity contribution in [2.75, 3.05) is 6.54 Å². The van der Waals surface area contributed by atoms with E-state index in [-0.39, 0.29) is 17.9 Å². The van der Waals surface area contributed by atoms with Crippen molar-refractivity contribution in [3.8, 4) is 0 Å². The first-order chi connectivity index (χ1) is 14.6. The Morgan fingerprint density at radius 1 is 1.17 bits per heavy atom. The Morgan fingerprint density at radius 2 is 2.00 bits per heavy atom. The van der Waals surface area contributed by atoms with E-state index in [1.54, 1.807) is 23.7 Å². The lowest BCUT2D eigenvalue weighted by atomic mass is 9.81. The van der Waals surface area contributed by atoms with E-state index in [4.69, 9.17) is 0 Å².